The van der Waals surface area contributed by atoms with Crippen molar-refractivity contribution in [3.05, 3.63) is 22.2 Å². The van der Waals surface area contributed by atoms with Gasteiger partial charge >= 0.3 is 0 Å². The van der Waals surface area contributed by atoms with Gasteiger partial charge in [0.2, 0.25) is 0 Å². The lowest BCUT2D eigenvalue weighted by molar-refractivity contribution is 0.382. The van der Waals surface area contributed by atoms with Crippen molar-refractivity contribution in [2.45, 2.75) is 18.9 Å². The van der Waals surface area contributed by atoms with Gasteiger partial charge in [0.1, 0.15) is 16.0 Å². The van der Waals surface area contributed by atoms with Crippen molar-refractivity contribution in [3.8, 4) is 11.5 Å². The predicted octanol–water partition coefficient (Wildman–Crippen LogP) is 2.88. The third-order valence-corrected chi connectivity index (χ3v) is 3.76. The van der Waals surface area contributed by atoms with E-state index in [9.17, 15) is 0 Å². The molecule has 2 rings (SSSR count). The monoisotopic (exact) mass is 285 g/mol. The van der Waals surface area contributed by atoms with E-state index in [2.05, 4.69) is 15.9 Å². The maximum atomic E-state index is 6.20. The standard InChI is InChI=1S/C12H16BrNO2/c1-15-9-6-5-8(11(14)7-3-4-7)12(16-2)10(9)13/h5-7,11H,3-4,14H2,1-2H3. The van der Waals surface area contributed by atoms with E-state index < -0.39 is 0 Å². The van der Waals surface area contributed by atoms with Crippen LogP contribution in [0.4, 0.5) is 0 Å². The van der Waals surface area contributed by atoms with Crippen molar-refractivity contribution < 1.29 is 9.47 Å². The zero-order chi connectivity index (χ0) is 11.7. The van der Waals surface area contributed by atoms with Crippen LogP contribution < -0.4 is 15.2 Å². The van der Waals surface area contributed by atoms with Crippen LogP contribution >= 0.6 is 15.9 Å². The van der Waals surface area contributed by atoms with Gasteiger partial charge in [0.15, 0.2) is 0 Å². The first-order valence-electron chi connectivity index (χ1n) is 5.35. The van der Waals surface area contributed by atoms with E-state index in [1.807, 2.05) is 12.1 Å². The Balaban J connectivity index is 2.40. The number of hydrogen-bond donors (Lipinski definition) is 1. The summed E-state index contributed by atoms with van der Waals surface area (Å²) < 4.78 is 11.5. The van der Waals surface area contributed by atoms with Crippen molar-refractivity contribution in [3.63, 3.8) is 0 Å². The topological polar surface area (TPSA) is 44.5 Å². The summed E-state index contributed by atoms with van der Waals surface area (Å²) in [6.07, 6.45) is 2.43. The van der Waals surface area contributed by atoms with Crippen LogP contribution in [-0.2, 0) is 0 Å². The van der Waals surface area contributed by atoms with Gasteiger partial charge in [-0.2, -0.15) is 0 Å². The molecule has 0 aromatic heterocycles. The van der Waals surface area contributed by atoms with Gasteiger partial charge in [-0.25, -0.2) is 0 Å². The molecule has 1 saturated carbocycles. The van der Waals surface area contributed by atoms with Crippen LogP contribution in [0.1, 0.15) is 24.4 Å². The minimum Gasteiger partial charge on any atom is -0.495 e. The number of ether oxygens (including phenoxy) is 2. The zero-order valence-corrected chi connectivity index (χ0v) is 11.1. The fourth-order valence-corrected chi connectivity index (χ4v) is 2.57. The van der Waals surface area contributed by atoms with Gasteiger partial charge in [-0.15, -0.1) is 0 Å². The molecule has 0 spiro atoms. The third kappa shape index (κ3) is 2.04. The molecule has 0 bridgehead atoms. The van der Waals surface area contributed by atoms with Crippen molar-refractivity contribution in [2.75, 3.05) is 14.2 Å². The summed E-state index contributed by atoms with van der Waals surface area (Å²) in [6, 6.07) is 3.98. The maximum absolute atomic E-state index is 6.20. The van der Waals surface area contributed by atoms with Crippen molar-refractivity contribution in [1.29, 1.82) is 0 Å². The molecule has 88 valence electrons. The average Bonchev–Trinajstić information content (AvgIpc) is 3.11. The van der Waals surface area contributed by atoms with Gasteiger partial charge in [-0.05, 0) is 46.8 Å². The second kappa shape index (κ2) is 4.63. The molecule has 0 heterocycles. The number of hydrogen-bond acceptors (Lipinski definition) is 3. The minimum atomic E-state index is 0.0668. The molecule has 2 N–H and O–H groups in total. The van der Waals surface area contributed by atoms with Crippen molar-refractivity contribution in [1.82, 2.24) is 0 Å². The van der Waals surface area contributed by atoms with Crippen LogP contribution in [0, 0.1) is 5.92 Å². The molecule has 0 saturated heterocycles. The molecule has 3 nitrogen and oxygen atoms in total. The lowest BCUT2D eigenvalue weighted by Gasteiger charge is -2.17. The van der Waals surface area contributed by atoms with Crippen LogP contribution in [-0.4, -0.2) is 14.2 Å². The molecule has 1 fully saturated rings. The Labute approximate surface area is 104 Å². The Bertz CT molecular complexity index is 391. The average molecular weight is 286 g/mol. The highest BCUT2D eigenvalue weighted by molar-refractivity contribution is 9.10. The van der Waals surface area contributed by atoms with Crippen LogP contribution in [0.2, 0.25) is 0 Å². The highest BCUT2D eigenvalue weighted by Gasteiger charge is 2.32. The normalized spacial score (nSPS) is 17.0. The summed E-state index contributed by atoms with van der Waals surface area (Å²) >= 11 is 3.48. The van der Waals surface area contributed by atoms with Crippen LogP contribution in [0.15, 0.2) is 16.6 Å². The second-order valence-corrected chi connectivity index (χ2v) is 4.86. The van der Waals surface area contributed by atoms with Crippen LogP contribution in [0.5, 0.6) is 11.5 Å². The second-order valence-electron chi connectivity index (χ2n) is 4.07. The van der Waals surface area contributed by atoms with E-state index in [1.165, 1.54) is 12.8 Å². The van der Waals surface area contributed by atoms with E-state index in [1.54, 1.807) is 14.2 Å². The number of nitrogens with two attached hydrogens (primary N) is 1. The molecule has 0 aliphatic heterocycles. The van der Waals surface area contributed by atoms with Gasteiger partial charge in [-0.1, -0.05) is 0 Å². The predicted molar refractivity (Wildman–Crippen MR) is 66.9 cm³/mol. The number of methoxy groups -OCH3 is 2. The quantitative estimate of drug-likeness (QED) is 0.925. The first-order valence-corrected chi connectivity index (χ1v) is 6.14. The molecule has 4 heteroatoms. The molecule has 0 radical (unpaired) electrons. The molecule has 1 aromatic rings. The molecular weight excluding hydrogens is 270 g/mol. The molecular formula is C12H16BrNO2. The Kier molecular flexibility index (Phi) is 3.40. The van der Waals surface area contributed by atoms with E-state index in [4.69, 9.17) is 15.2 Å². The van der Waals surface area contributed by atoms with Gasteiger partial charge in [0.05, 0.1) is 14.2 Å². The largest absolute Gasteiger partial charge is 0.495 e. The SMILES string of the molecule is COc1ccc(C(N)C2CC2)c(OC)c1Br. The molecule has 1 atom stereocenters. The van der Waals surface area contributed by atoms with E-state index in [0.29, 0.717) is 5.92 Å². The van der Waals surface area contributed by atoms with Crippen LogP contribution in [0.25, 0.3) is 0 Å². The van der Waals surface area contributed by atoms with Gasteiger partial charge < -0.3 is 15.2 Å². The number of rotatable bonds is 4. The lowest BCUT2D eigenvalue weighted by atomic mass is 10.0. The first kappa shape index (κ1) is 11.7. The maximum Gasteiger partial charge on any atom is 0.141 e. The van der Waals surface area contributed by atoms with E-state index >= 15 is 0 Å². The molecule has 1 unspecified atom stereocenters. The smallest absolute Gasteiger partial charge is 0.141 e. The number of benzene rings is 1. The van der Waals surface area contributed by atoms with Gasteiger partial charge in [-0.3, -0.25) is 0 Å². The highest BCUT2D eigenvalue weighted by Crippen LogP contribution is 2.46. The Morgan fingerprint density at radius 2 is 2.00 bits per heavy atom. The fourth-order valence-electron chi connectivity index (χ4n) is 1.89. The summed E-state index contributed by atoms with van der Waals surface area (Å²) in [7, 11) is 3.29. The van der Waals surface area contributed by atoms with Crippen molar-refractivity contribution in [2.24, 2.45) is 11.7 Å². The Morgan fingerprint density at radius 1 is 1.31 bits per heavy atom. The molecule has 16 heavy (non-hydrogen) atoms. The van der Waals surface area contributed by atoms with Gasteiger partial charge in [0.25, 0.3) is 0 Å². The fraction of sp³-hybridized carbons (Fsp3) is 0.500. The highest BCUT2D eigenvalue weighted by atomic mass is 79.9. The summed E-state index contributed by atoms with van der Waals surface area (Å²) in [5, 5.41) is 0. The zero-order valence-electron chi connectivity index (χ0n) is 9.50. The summed E-state index contributed by atoms with van der Waals surface area (Å²) in [6.45, 7) is 0. The Morgan fingerprint density at radius 3 is 2.50 bits per heavy atom. The first-order chi connectivity index (χ1) is 7.69. The van der Waals surface area contributed by atoms with Gasteiger partial charge in [0, 0.05) is 11.6 Å². The summed E-state index contributed by atoms with van der Waals surface area (Å²) in [4.78, 5) is 0. The van der Waals surface area contributed by atoms with E-state index in [0.717, 1.165) is 21.5 Å². The summed E-state index contributed by atoms with van der Waals surface area (Å²) in [5.74, 6) is 2.16. The third-order valence-electron chi connectivity index (χ3n) is 3.01. The Hall–Kier alpha value is -0.740. The molecule has 1 aliphatic carbocycles. The molecule has 0 amide bonds. The minimum absolute atomic E-state index is 0.0668. The number of halogens is 1. The molecule has 1 aliphatic rings. The molecule has 1 aromatic carbocycles. The lowest BCUT2D eigenvalue weighted by Crippen LogP contribution is -2.14. The van der Waals surface area contributed by atoms with Crippen LogP contribution in [0.3, 0.4) is 0 Å². The van der Waals surface area contributed by atoms with E-state index in [-0.39, 0.29) is 6.04 Å². The van der Waals surface area contributed by atoms with Crippen molar-refractivity contribution >= 4 is 15.9 Å². The summed E-state index contributed by atoms with van der Waals surface area (Å²) in [5.41, 5.74) is 7.25.